The van der Waals surface area contributed by atoms with Crippen LogP contribution in [0.2, 0.25) is 0 Å². The van der Waals surface area contributed by atoms with Gasteiger partial charge in [0.05, 0.1) is 5.00 Å². The molecule has 4 rings (SSSR count). The SMILES string of the molecule is CCNC(=NCC(=O)N1CCc2ccccc21)NC1CCN(c2cccs2)CC1. The van der Waals surface area contributed by atoms with Crippen LogP contribution < -0.4 is 20.4 Å². The quantitative estimate of drug-likeness (QED) is 0.587. The van der Waals surface area contributed by atoms with E-state index in [0.717, 1.165) is 57.1 Å². The Morgan fingerprint density at radius 3 is 2.76 bits per heavy atom. The zero-order valence-electron chi connectivity index (χ0n) is 16.9. The second-order valence-electron chi connectivity index (χ2n) is 7.48. The normalized spacial score (nSPS) is 17.3. The molecule has 6 nitrogen and oxygen atoms in total. The van der Waals surface area contributed by atoms with Gasteiger partial charge in [-0.2, -0.15) is 0 Å². The Balaban J connectivity index is 1.32. The standard InChI is InChI=1S/C22H29N5OS/c1-2-23-22(25-18-10-12-26(13-11-18)21-8-5-15-29-21)24-16-20(28)27-14-9-17-6-3-4-7-19(17)27/h3-8,15,18H,2,9-14,16H2,1H3,(H2,23,24,25). The van der Waals surface area contributed by atoms with E-state index in [1.165, 1.54) is 10.6 Å². The van der Waals surface area contributed by atoms with Gasteiger partial charge in [0.15, 0.2) is 5.96 Å². The fourth-order valence-corrected chi connectivity index (χ4v) is 4.82. The van der Waals surface area contributed by atoms with E-state index in [2.05, 4.69) is 51.0 Å². The van der Waals surface area contributed by atoms with Crippen LogP contribution in [0.25, 0.3) is 0 Å². The number of amides is 1. The van der Waals surface area contributed by atoms with Gasteiger partial charge in [0.25, 0.3) is 0 Å². The van der Waals surface area contributed by atoms with E-state index in [1.807, 2.05) is 23.1 Å². The second-order valence-corrected chi connectivity index (χ2v) is 8.40. The lowest BCUT2D eigenvalue weighted by Gasteiger charge is -2.33. The molecule has 1 amide bonds. The van der Waals surface area contributed by atoms with Gasteiger partial charge in [0.1, 0.15) is 6.54 Å². The molecule has 0 unspecified atom stereocenters. The highest BCUT2D eigenvalue weighted by Gasteiger charge is 2.24. The summed E-state index contributed by atoms with van der Waals surface area (Å²) in [6, 6.07) is 12.8. The molecule has 2 aliphatic heterocycles. The Bertz CT molecular complexity index is 843. The van der Waals surface area contributed by atoms with Crippen molar-refractivity contribution in [2.24, 2.45) is 4.99 Å². The van der Waals surface area contributed by atoms with E-state index in [9.17, 15) is 4.79 Å². The third-order valence-electron chi connectivity index (χ3n) is 5.56. The molecule has 2 aromatic rings. The Labute approximate surface area is 176 Å². The van der Waals surface area contributed by atoms with Crippen molar-refractivity contribution >= 4 is 33.9 Å². The number of guanidine groups is 1. The van der Waals surface area contributed by atoms with E-state index in [0.29, 0.717) is 6.04 Å². The lowest BCUT2D eigenvalue weighted by molar-refractivity contribution is -0.117. The van der Waals surface area contributed by atoms with Gasteiger partial charge >= 0.3 is 0 Å². The summed E-state index contributed by atoms with van der Waals surface area (Å²) < 4.78 is 0. The van der Waals surface area contributed by atoms with Crippen LogP contribution in [0, 0.1) is 0 Å². The van der Waals surface area contributed by atoms with Crippen LogP contribution in [0.15, 0.2) is 46.8 Å². The number of rotatable bonds is 5. The molecule has 3 heterocycles. The second kappa shape index (κ2) is 9.31. The van der Waals surface area contributed by atoms with Crippen molar-refractivity contribution in [1.29, 1.82) is 0 Å². The summed E-state index contributed by atoms with van der Waals surface area (Å²) in [7, 11) is 0. The van der Waals surface area contributed by atoms with Crippen LogP contribution in [0.3, 0.4) is 0 Å². The van der Waals surface area contributed by atoms with Gasteiger partial charge in [-0.15, -0.1) is 11.3 Å². The first-order valence-electron chi connectivity index (χ1n) is 10.5. The molecule has 0 bridgehead atoms. The zero-order valence-corrected chi connectivity index (χ0v) is 17.8. The third kappa shape index (κ3) is 4.72. The molecule has 0 spiro atoms. The number of carbonyl (C=O) groups is 1. The summed E-state index contributed by atoms with van der Waals surface area (Å²) in [5, 5.41) is 10.3. The lowest BCUT2D eigenvalue weighted by Crippen LogP contribution is -2.49. The summed E-state index contributed by atoms with van der Waals surface area (Å²) in [5.41, 5.74) is 2.28. The van der Waals surface area contributed by atoms with Crippen molar-refractivity contribution in [3.63, 3.8) is 0 Å². The van der Waals surface area contributed by atoms with Gasteiger partial charge in [-0.25, -0.2) is 4.99 Å². The maximum absolute atomic E-state index is 12.7. The number of anilines is 2. The molecule has 2 N–H and O–H groups in total. The Morgan fingerprint density at radius 1 is 1.17 bits per heavy atom. The number of hydrogen-bond acceptors (Lipinski definition) is 4. The number of nitrogens with zero attached hydrogens (tertiary/aromatic N) is 3. The Hall–Kier alpha value is -2.54. The topological polar surface area (TPSA) is 60.0 Å². The van der Waals surface area contributed by atoms with Gasteiger partial charge in [-0.3, -0.25) is 4.79 Å². The number of hydrogen-bond donors (Lipinski definition) is 2. The van der Waals surface area contributed by atoms with E-state index >= 15 is 0 Å². The largest absolute Gasteiger partial charge is 0.363 e. The van der Waals surface area contributed by atoms with Gasteiger partial charge in [0, 0.05) is 37.9 Å². The molecule has 7 heteroatoms. The molecule has 1 fully saturated rings. The highest BCUT2D eigenvalue weighted by molar-refractivity contribution is 7.14. The highest BCUT2D eigenvalue weighted by Crippen LogP contribution is 2.27. The highest BCUT2D eigenvalue weighted by atomic mass is 32.1. The maximum Gasteiger partial charge on any atom is 0.248 e. The number of thiophene rings is 1. The molecule has 1 aromatic heterocycles. The molecule has 29 heavy (non-hydrogen) atoms. The molecule has 0 saturated carbocycles. The number of piperidine rings is 1. The predicted octanol–water partition coefficient (Wildman–Crippen LogP) is 2.86. The number of aliphatic imine (C=N–C) groups is 1. The van der Waals surface area contributed by atoms with Crippen LogP contribution in [0.1, 0.15) is 25.3 Å². The van der Waals surface area contributed by atoms with Crippen LogP contribution in [-0.4, -0.2) is 50.6 Å². The minimum atomic E-state index is 0.0552. The van der Waals surface area contributed by atoms with Crippen LogP contribution in [0.5, 0.6) is 0 Å². The minimum Gasteiger partial charge on any atom is -0.363 e. The molecular weight excluding hydrogens is 382 g/mol. The van der Waals surface area contributed by atoms with Crippen molar-refractivity contribution in [3.8, 4) is 0 Å². The zero-order chi connectivity index (χ0) is 20.1. The molecule has 2 aliphatic rings. The average Bonchev–Trinajstić information content (AvgIpc) is 3.43. The maximum atomic E-state index is 12.7. The van der Waals surface area contributed by atoms with Crippen LogP contribution >= 0.6 is 11.3 Å². The number of benzene rings is 1. The molecule has 0 atom stereocenters. The molecule has 0 radical (unpaired) electrons. The number of carbonyl (C=O) groups excluding carboxylic acids is 1. The first-order valence-corrected chi connectivity index (χ1v) is 11.3. The van der Waals surface area contributed by atoms with Crippen LogP contribution in [-0.2, 0) is 11.2 Å². The summed E-state index contributed by atoms with van der Waals surface area (Å²) in [5.74, 6) is 0.794. The van der Waals surface area contributed by atoms with Gasteiger partial charge in [0.2, 0.25) is 5.91 Å². The third-order valence-corrected chi connectivity index (χ3v) is 6.49. The van der Waals surface area contributed by atoms with Crippen molar-refractivity contribution < 1.29 is 4.79 Å². The summed E-state index contributed by atoms with van der Waals surface area (Å²) >= 11 is 1.80. The lowest BCUT2D eigenvalue weighted by atomic mass is 10.1. The Morgan fingerprint density at radius 2 is 2.00 bits per heavy atom. The summed E-state index contributed by atoms with van der Waals surface area (Å²) in [4.78, 5) is 21.6. The van der Waals surface area contributed by atoms with E-state index in [1.54, 1.807) is 11.3 Å². The summed E-state index contributed by atoms with van der Waals surface area (Å²) in [6.45, 7) is 5.83. The van der Waals surface area contributed by atoms with E-state index in [4.69, 9.17) is 0 Å². The number of para-hydroxylation sites is 1. The van der Waals surface area contributed by atoms with Crippen LogP contribution in [0.4, 0.5) is 10.7 Å². The monoisotopic (exact) mass is 411 g/mol. The molecule has 1 aromatic carbocycles. The molecule has 0 aliphatic carbocycles. The molecule has 154 valence electrons. The fraction of sp³-hybridized carbons (Fsp3) is 0.455. The Kier molecular flexibility index (Phi) is 6.34. The molecular formula is C22H29N5OS. The van der Waals surface area contributed by atoms with Gasteiger partial charge in [-0.05, 0) is 55.3 Å². The summed E-state index contributed by atoms with van der Waals surface area (Å²) in [6.07, 6.45) is 3.05. The first-order chi connectivity index (χ1) is 14.2. The van der Waals surface area contributed by atoms with Crippen molar-refractivity contribution in [2.75, 3.05) is 42.5 Å². The van der Waals surface area contributed by atoms with Gasteiger partial charge in [-0.1, -0.05) is 18.2 Å². The smallest absolute Gasteiger partial charge is 0.248 e. The van der Waals surface area contributed by atoms with Crippen molar-refractivity contribution in [3.05, 3.63) is 47.3 Å². The van der Waals surface area contributed by atoms with Crippen molar-refractivity contribution in [2.45, 2.75) is 32.2 Å². The van der Waals surface area contributed by atoms with Crippen molar-refractivity contribution in [1.82, 2.24) is 10.6 Å². The average molecular weight is 412 g/mol. The fourth-order valence-electron chi connectivity index (χ4n) is 4.04. The molecule has 1 saturated heterocycles. The number of fused-ring (bicyclic) bond motifs is 1. The minimum absolute atomic E-state index is 0.0552. The van der Waals surface area contributed by atoms with E-state index in [-0.39, 0.29) is 12.5 Å². The van der Waals surface area contributed by atoms with Gasteiger partial charge < -0.3 is 20.4 Å². The predicted molar refractivity (Wildman–Crippen MR) is 121 cm³/mol. The first kappa shape index (κ1) is 19.8. The van der Waals surface area contributed by atoms with E-state index < -0.39 is 0 Å². The number of nitrogens with one attached hydrogen (secondary N) is 2.